The van der Waals surface area contributed by atoms with Crippen LogP contribution in [0.25, 0.3) is 17.0 Å². The molecule has 0 fully saturated rings. The number of aromatic carboxylic acids is 1. The van der Waals surface area contributed by atoms with Gasteiger partial charge >= 0.3 is 5.97 Å². The Balaban J connectivity index is 2.17. The molecule has 1 N–H and O–H groups in total. The van der Waals surface area contributed by atoms with Crippen LogP contribution in [0.1, 0.15) is 10.4 Å². The van der Waals surface area contributed by atoms with Crippen LogP contribution < -0.4 is 0 Å². The number of carboxylic acids is 1. The summed E-state index contributed by atoms with van der Waals surface area (Å²) in [4.78, 5) is 15.1. The van der Waals surface area contributed by atoms with Gasteiger partial charge in [0.15, 0.2) is 11.5 Å². The smallest absolute Gasteiger partial charge is 0.335 e. The van der Waals surface area contributed by atoms with Crippen LogP contribution in [0.3, 0.4) is 0 Å². The molecule has 2 aromatic heterocycles. The van der Waals surface area contributed by atoms with E-state index in [1.807, 2.05) is 0 Å². The second-order valence-electron chi connectivity index (χ2n) is 4.08. The van der Waals surface area contributed by atoms with Crippen molar-refractivity contribution in [3.05, 3.63) is 52.4 Å². The second-order valence-corrected chi connectivity index (χ2v) is 5.00. The third kappa shape index (κ3) is 2.16. The van der Waals surface area contributed by atoms with Crippen molar-refractivity contribution in [2.24, 2.45) is 0 Å². The molecule has 0 unspecified atom stereocenters. The molecular weight excluding hydrogens is 329 g/mol. The lowest BCUT2D eigenvalue weighted by Gasteiger charge is -1.98. The molecule has 20 heavy (non-hydrogen) atoms. The van der Waals surface area contributed by atoms with Crippen molar-refractivity contribution in [1.29, 1.82) is 0 Å². The normalized spacial score (nSPS) is 10.9. The SMILES string of the molecule is O=C(O)c1ccn2nc(-c3cc(Br)ccc3F)nc2c1. The zero-order valence-electron chi connectivity index (χ0n) is 9.92. The highest BCUT2D eigenvalue weighted by Gasteiger charge is 2.13. The molecule has 0 saturated carbocycles. The lowest BCUT2D eigenvalue weighted by molar-refractivity contribution is 0.0697. The van der Waals surface area contributed by atoms with Crippen molar-refractivity contribution in [1.82, 2.24) is 14.6 Å². The predicted molar refractivity (Wildman–Crippen MR) is 73.0 cm³/mol. The number of hydrogen-bond donors (Lipinski definition) is 1. The first-order chi connectivity index (χ1) is 9.54. The Kier molecular flexibility index (Phi) is 2.98. The summed E-state index contributed by atoms with van der Waals surface area (Å²) >= 11 is 3.26. The number of halogens is 2. The number of hydrogen-bond acceptors (Lipinski definition) is 3. The second kappa shape index (κ2) is 4.68. The summed E-state index contributed by atoms with van der Waals surface area (Å²) in [6.07, 6.45) is 1.48. The van der Waals surface area contributed by atoms with Gasteiger partial charge in [0.05, 0.1) is 11.1 Å². The van der Waals surface area contributed by atoms with Gasteiger partial charge in [0.2, 0.25) is 0 Å². The Morgan fingerprint density at radius 2 is 2.10 bits per heavy atom. The van der Waals surface area contributed by atoms with Crippen molar-refractivity contribution < 1.29 is 14.3 Å². The lowest BCUT2D eigenvalue weighted by atomic mass is 10.2. The van der Waals surface area contributed by atoms with Gasteiger partial charge in [0, 0.05) is 10.7 Å². The minimum atomic E-state index is -1.05. The van der Waals surface area contributed by atoms with E-state index in [1.165, 1.54) is 28.9 Å². The van der Waals surface area contributed by atoms with Crippen LogP contribution in [0, 0.1) is 5.82 Å². The maximum absolute atomic E-state index is 13.8. The molecule has 3 rings (SSSR count). The molecule has 3 aromatic rings. The van der Waals surface area contributed by atoms with Gasteiger partial charge in [0.25, 0.3) is 0 Å². The summed E-state index contributed by atoms with van der Waals surface area (Å²) < 4.78 is 15.9. The van der Waals surface area contributed by atoms with Gasteiger partial charge in [-0.3, -0.25) is 0 Å². The Hall–Kier alpha value is -2.28. The van der Waals surface area contributed by atoms with E-state index in [2.05, 4.69) is 26.0 Å². The van der Waals surface area contributed by atoms with Crippen LogP contribution >= 0.6 is 15.9 Å². The number of carboxylic acid groups (broad SMARTS) is 1. The van der Waals surface area contributed by atoms with Gasteiger partial charge in [-0.05, 0) is 30.3 Å². The molecule has 1 aromatic carbocycles. The van der Waals surface area contributed by atoms with Crippen molar-refractivity contribution >= 4 is 27.5 Å². The Morgan fingerprint density at radius 1 is 1.30 bits per heavy atom. The van der Waals surface area contributed by atoms with Crippen LogP contribution in [0.15, 0.2) is 41.0 Å². The van der Waals surface area contributed by atoms with Crippen LogP contribution in [-0.2, 0) is 0 Å². The maximum Gasteiger partial charge on any atom is 0.335 e. The number of benzene rings is 1. The standard InChI is InChI=1S/C13H7BrFN3O2/c14-8-1-2-10(15)9(6-8)12-16-11-5-7(13(19)20)3-4-18(11)17-12/h1-6H,(H,19,20). The zero-order valence-corrected chi connectivity index (χ0v) is 11.5. The summed E-state index contributed by atoms with van der Waals surface area (Å²) in [6, 6.07) is 7.26. The molecule has 0 atom stereocenters. The molecule has 0 aliphatic heterocycles. The largest absolute Gasteiger partial charge is 0.478 e. The Bertz CT molecular complexity index is 832. The molecule has 0 saturated heterocycles. The molecule has 7 heteroatoms. The fourth-order valence-corrected chi connectivity index (χ4v) is 2.16. The maximum atomic E-state index is 13.8. The van der Waals surface area contributed by atoms with Crippen molar-refractivity contribution in [2.75, 3.05) is 0 Å². The van der Waals surface area contributed by atoms with Crippen molar-refractivity contribution in [2.45, 2.75) is 0 Å². The quantitative estimate of drug-likeness (QED) is 0.781. The highest BCUT2D eigenvalue weighted by molar-refractivity contribution is 9.10. The fourth-order valence-electron chi connectivity index (χ4n) is 1.80. The van der Waals surface area contributed by atoms with Gasteiger partial charge in [-0.25, -0.2) is 18.7 Å². The molecule has 0 aliphatic rings. The fraction of sp³-hybridized carbons (Fsp3) is 0. The highest BCUT2D eigenvalue weighted by Crippen LogP contribution is 2.24. The molecule has 0 amide bonds. The number of nitrogens with zero attached hydrogens (tertiary/aromatic N) is 3. The number of carbonyl (C=O) groups is 1. The van der Waals surface area contributed by atoms with Gasteiger partial charge in [-0.2, -0.15) is 0 Å². The number of aromatic nitrogens is 3. The number of fused-ring (bicyclic) bond motifs is 1. The van der Waals surface area contributed by atoms with Crippen LogP contribution in [0.2, 0.25) is 0 Å². The first-order valence-corrected chi connectivity index (χ1v) is 6.39. The first-order valence-electron chi connectivity index (χ1n) is 5.60. The molecule has 0 spiro atoms. The van der Waals surface area contributed by atoms with Gasteiger partial charge in [-0.1, -0.05) is 15.9 Å². The Morgan fingerprint density at radius 3 is 2.85 bits per heavy atom. The monoisotopic (exact) mass is 335 g/mol. The topological polar surface area (TPSA) is 67.5 Å². The van der Waals surface area contributed by atoms with Crippen LogP contribution in [0.5, 0.6) is 0 Å². The molecule has 5 nitrogen and oxygen atoms in total. The molecule has 2 heterocycles. The minimum Gasteiger partial charge on any atom is -0.478 e. The first kappa shape index (κ1) is 12.7. The molecular formula is C13H7BrFN3O2. The van der Waals surface area contributed by atoms with E-state index in [0.717, 1.165) is 0 Å². The predicted octanol–water partition coefficient (Wildman–Crippen LogP) is 3.00. The van der Waals surface area contributed by atoms with Crippen LogP contribution in [-0.4, -0.2) is 25.7 Å². The lowest BCUT2D eigenvalue weighted by Crippen LogP contribution is -1.97. The van der Waals surface area contributed by atoms with E-state index in [9.17, 15) is 9.18 Å². The van der Waals surface area contributed by atoms with Crippen molar-refractivity contribution in [3.8, 4) is 11.4 Å². The van der Waals surface area contributed by atoms with E-state index in [-0.39, 0.29) is 17.0 Å². The van der Waals surface area contributed by atoms with E-state index in [4.69, 9.17) is 5.11 Å². The zero-order chi connectivity index (χ0) is 14.3. The van der Waals surface area contributed by atoms with Gasteiger partial charge in [0.1, 0.15) is 5.82 Å². The minimum absolute atomic E-state index is 0.103. The van der Waals surface area contributed by atoms with Crippen LogP contribution in [0.4, 0.5) is 4.39 Å². The summed E-state index contributed by atoms with van der Waals surface area (Å²) in [5.41, 5.74) is 0.699. The average Bonchev–Trinajstić information content (AvgIpc) is 2.83. The molecule has 0 bridgehead atoms. The summed E-state index contributed by atoms with van der Waals surface area (Å²) in [7, 11) is 0. The summed E-state index contributed by atoms with van der Waals surface area (Å²) in [5.74, 6) is -1.29. The van der Waals surface area contributed by atoms with E-state index < -0.39 is 11.8 Å². The van der Waals surface area contributed by atoms with Gasteiger partial charge in [-0.15, -0.1) is 5.10 Å². The highest BCUT2D eigenvalue weighted by atomic mass is 79.9. The molecule has 100 valence electrons. The average molecular weight is 336 g/mol. The molecule has 0 aliphatic carbocycles. The van der Waals surface area contributed by atoms with E-state index in [1.54, 1.807) is 12.1 Å². The molecule has 0 radical (unpaired) electrons. The van der Waals surface area contributed by atoms with E-state index in [0.29, 0.717) is 10.1 Å². The summed E-state index contributed by atoms with van der Waals surface area (Å²) in [5, 5.41) is 13.1. The number of rotatable bonds is 2. The van der Waals surface area contributed by atoms with Gasteiger partial charge < -0.3 is 5.11 Å². The third-order valence-electron chi connectivity index (χ3n) is 2.75. The number of pyridine rings is 1. The summed E-state index contributed by atoms with van der Waals surface area (Å²) in [6.45, 7) is 0. The third-order valence-corrected chi connectivity index (χ3v) is 3.25. The Labute approximate surface area is 120 Å². The van der Waals surface area contributed by atoms with E-state index >= 15 is 0 Å². The van der Waals surface area contributed by atoms with Crippen molar-refractivity contribution in [3.63, 3.8) is 0 Å².